The molecule has 4 rings (SSSR count). The molecule has 2 aliphatic heterocycles. The number of nitro benzene ring substituents is 1. The first-order valence-electron chi connectivity index (χ1n) is 11.0. The molecule has 1 saturated carbocycles. The zero-order chi connectivity index (χ0) is 21.1. The van der Waals surface area contributed by atoms with Crippen molar-refractivity contribution in [1.82, 2.24) is 9.80 Å². The van der Waals surface area contributed by atoms with E-state index in [1.165, 1.54) is 37.8 Å². The van der Waals surface area contributed by atoms with Crippen molar-refractivity contribution >= 4 is 29.3 Å². The molecule has 0 N–H and O–H groups in total. The van der Waals surface area contributed by atoms with Gasteiger partial charge in [0.15, 0.2) is 0 Å². The number of likely N-dealkylation sites (tertiary alicyclic amines) is 1. The number of carbonyl (C=O) groups is 2. The Balaban J connectivity index is 1.35. The van der Waals surface area contributed by atoms with Crippen LogP contribution in [0.25, 0.3) is 0 Å². The van der Waals surface area contributed by atoms with Crippen molar-refractivity contribution in [3.05, 3.63) is 39.9 Å². The first-order chi connectivity index (χ1) is 14.5. The third-order valence-electron chi connectivity index (χ3n) is 6.89. The lowest BCUT2D eigenvalue weighted by atomic mass is 9.98. The Labute approximate surface area is 181 Å². The predicted molar refractivity (Wildman–Crippen MR) is 116 cm³/mol. The summed E-state index contributed by atoms with van der Waals surface area (Å²) in [5.74, 6) is 1.79. The molecular formula is C22H29N3O4S. The highest BCUT2D eigenvalue weighted by Gasteiger charge is 2.47. The van der Waals surface area contributed by atoms with Crippen LogP contribution in [-0.2, 0) is 4.79 Å². The fourth-order valence-electron chi connectivity index (χ4n) is 5.08. The lowest BCUT2D eigenvalue weighted by molar-refractivity contribution is -0.384. The summed E-state index contributed by atoms with van der Waals surface area (Å²) >= 11 is 1.81. The normalized spacial score (nSPS) is 21.3. The van der Waals surface area contributed by atoms with Gasteiger partial charge < -0.3 is 9.80 Å². The number of carbonyl (C=O) groups excluding carboxylic acids is 2. The summed E-state index contributed by atoms with van der Waals surface area (Å²) in [7, 11) is 0. The Hall–Kier alpha value is -2.09. The molecule has 8 heteroatoms. The molecule has 0 atom stereocenters. The van der Waals surface area contributed by atoms with Crippen molar-refractivity contribution in [2.24, 2.45) is 5.92 Å². The van der Waals surface area contributed by atoms with Crippen molar-refractivity contribution in [3.63, 3.8) is 0 Å². The number of thioether (sulfide) groups is 1. The molecule has 2 saturated heterocycles. The maximum atomic E-state index is 13.1. The van der Waals surface area contributed by atoms with E-state index in [1.54, 1.807) is 12.1 Å². The molecule has 2 heterocycles. The van der Waals surface area contributed by atoms with Gasteiger partial charge in [-0.3, -0.25) is 19.7 Å². The largest absolute Gasteiger partial charge is 0.342 e. The lowest BCUT2D eigenvalue weighted by Crippen LogP contribution is -2.53. The topological polar surface area (TPSA) is 83.8 Å². The first kappa shape index (κ1) is 21.2. The van der Waals surface area contributed by atoms with Crippen LogP contribution in [0.5, 0.6) is 0 Å². The van der Waals surface area contributed by atoms with Crippen molar-refractivity contribution in [2.45, 2.75) is 56.2 Å². The van der Waals surface area contributed by atoms with E-state index < -0.39 is 4.92 Å². The second-order valence-corrected chi connectivity index (χ2v) is 10.1. The fourth-order valence-corrected chi connectivity index (χ4v) is 6.54. The van der Waals surface area contributed by atoms with E-state index in [4.69, 9.17) is 0 Å². The maximum Gasteiger partial charge on any atom is 0.269 e. The van der Waals surface area contributed by atoms with Gasteiger partial charge in [0, 0.05) is 49.5 Å². The number of amides is 2. The smallest absolute Gasteiger partial charge is 0.269 e. The molecule has 7 nitrogen and oxygen atoms in total. The van der Waals surface area contributed by atoms with E-state index in [0.29, 0.717) is 31.6 Å². The molecule has 0 radical (unpaired) electrons. The van der Waals surface area contributed by atoms with Crippen LogP contribution in [-0.4, -0.2) is 56.8 Å². The van der Waals surface area contributed by atoms with Gasteiger partial charge in [-0.05, 0) is 37.3 Å². The van der Waals surface area contributed by atoms with Crippen molar-refractivity contribution in [1.29, 1.82) is 0 Å². The van der Waals surface area contributed by atoms with Crippen LogP contribution in [0.2, 0.25) is 0 Å². The molecule has 1 aliphatic carbocycles. The quantitative estimate of drug-likeness (QED) is 0.518. The third-order valence-corrected chi connectivity index (χ3v) is 8.44. The number of rotatable bonds is 5. The molecule has 30 heavy (non-hydrogen) atoms. The predicted octanol–water partition coefficient (Wildman–Crippen LogP) is 4.07. The monoisotopic (exact) mass is 431 g/mol. The van der Waals surface area contributed by atoms with Gasteiger partial charge >= 0.3 is 0 Å². The Kier molecular flexibility index (Phi) is 6.32. The minimum Gasteiger partial charge on any atom is -0.342 e. The van der Waals surface area contributed by atoms with Crippen LogP contribution in [0.15, 0.2) is 24.3 Å². The minimum atomic E-state index is -0.457. The van der Waals surface area contributed by atoms with E-state index in [0.717, 1.165) is 30.9 Å². The molecule has 1 aromatic rings. The second kappa shape index (κ2) is 8.96. The number of nitro groups is 1. The fraction of sp³-hybridized carbons (Fsp3) is 0.636. The van der Waals surface area contributed by atoms with Gasteiger partial charge in [0.2, 0.25) is 5.91 Å². The number of hydrogen-bond acceptors (Lipinski definition) is 5. The van der Waals surface area contributed by atoms with E-state index >= 15 is 0 Å². The van der Waals surface area contributed by atoms with Gasteiger partial charge in [-0.1, -0.05) is 25.7 Å². The summed E-state index contributed by atoms with van der Waals surface area (Å²) in [6.07, 6.45) is 8.38. The molecule has 1 aromatic carbocycles. The number of hydrogen-bond donors (Lipinski definition) is 0. The van der Waals surface area contributed by atoms with Gasteiger partial charge in [-0.15, -0.1) is 11.8 Å². The highest BCUT2D eigenvalue weighted by atomic mass is 32.2. The molecule has 0 bridgehead atoms. The number of nitrogens with zero attached hydrogens (tertiary/aromatic N) is 3. The first-order valence-corrected chi connectivity index (χ1v) is 12.0. The molecular weight excluding hydrogens is 402 g/mol. The molecule has 3 fully saturated rings. The zero-order valence-corrected chi connectivity index (χ0v) is 18.1. The van der Waals surface area contributed by atoms with Crippen LogP contribution in [0.1, 0.15) is 61.7 Å². The summed E-state index contributed by atoms with van der Waals surface area (Å²) < 4.78 is 0. The zero-order valence-electron chi connectivity index (χ0n) is 17.3. The summed E-state index contributed by atoms with van der Waals surface area (Å²) in [5, 5.41) is 10.9. The molecule has 1 spiro atoms. The summed E-state index contributed by atoms with van der Waals surface area (Å²) in [6, 6.07) is 5.85. The van der Waals surface area contributed by atoms with E-state index in [1.807, 2.05) is 21.6 Å². The average molecular weight is 432 g/mol. The van der Waals surface area contributed by atoms with E-state index in [9.17, 15) is 19.7 Å². The van der Waals surface area contributed by atoms with Crippen molar-refractivity contribution in [2.75, 3.05) is 25.4 Å². The molecule has 2 amide bonds. The van der Waals surface area contributed by atoms with Crippen LogP contribution in [0.3, 0.4) is 0 Å². The van der Waals surface area contributed by atoms with Gasteiger partial charge in [0.05, 0.1) is 9.79 Å². The Morgan fingerprint density at radius 2 is 1.77 bits per heavy atom. The Morgan fingerprint density at radius 1 is 1.10 bits per heavy atom. The summed E-state index contributed by atoms with van der Waals surface area (Å²) in [5.41, 5.74) is 0.471. The molecule has 0 unspecified atom stereocenters. The SMILES string of the molecule is O=C(CCC1CCCC1)N1CCC2(CC1)SCCN2C(=O)c1ccc([N+](=O)[O-])cc1. The van der Waals surface area contributed by atoms with Gasteiger partial charge in [-0.2, -0.15) is 0 Å². The number of benzene rings is 1. The van der Waals surface area contributed by atoms with Crippen LogP contribution < -0.4 is 0 Å². The summed E-state index contributed by atoms with van der Waals surface area (Å²) in [4.78, 5) is 39.8. The van der Waals surface area contributed by atoms with Crippen LogP contribution in [0.4, 0.5) is 5.69 Å². The molecule has 0 aromatic heterocycles. The van der Waals surface area contributed by atoms with E-state index in [-0.39, 0.29) is 22.4 Å². The van der Waals surface area contributed by atoms with Crippen LogP contribution in [0, 0.1) is 16.0 Å². The summed E-state index contributed by atoms with van der Waals surface area (Å²) in [6.45, 7) is 2.07. The highest BCUT2D eigenvalue weighted by molar-refractivity contribution is 8.00. The molecule has 162 valence electrons. The standard InChI is InChI=1S/C22H29N3O4S/c26-20(10-5-17-3-1-2-4-17)23-13-11-22(12-14-23)24(15-16-30-22)21(27)18-6-8-19(9-7-18)25(28)29/h6-9,17H,1-5,10-16H2. The van der Waals surface area contributed by atoms with Gasteiger partial charge in [-0.25, -0.2) is 0 Å². The van der Waals surface area contributed by atoms with Gasteiger partial charge in [0.25, 0.3) is 11.6 Å². The third kappa shape index (κ3) is 4.33. The lowest BCUT2D eigenvalue weighted by Gasteiger charge is -2.44. The maximum absolute atomic E-state index is 13.1. The molecule has 3 aliphatic rings. The Bertz CT molecular complexity index is 799. The van der Waals surface area contributed by atoms with Gasteiger partial charge in [0.1, 0.15) is 0 Å². The average Bonchev–Trinajstić information content (AvgIpc) is 3.42. The number of piperidine rings is 1. The highest BCUT2D eigenvalue weighted by Crippen LogP contribution is 2.44. The van der Waals surface area contributed by atoms with E-state index in [2.05, 4.69) is 0 Å². The second-order valence-electron chi connectivity index (χ2n) is 8.63. The Morgan fingerprint density at radius 3 is 2.40 bits per heavy atom. The minimum absolute atomic E-state index is 0.0125. The number of non-ortho nitro benzene ring substituents is 1. The van der Waals surface area contributed by atoms with Crippen molar-refractivity contribution < 1.29 is 14.5 Å². The van der Waals surface area contributed by atoms with Crippen molar-refractivity contribution in [3.8, 4) is 0 Å². The van der Waals surface area contributed by atoms with Crippen LogP contribution >= 0.6 is 11.8 Å².